The van der Waals surface area contributed by atoms with Crippen molar-refractivity contribution in [1.82, 2.24) is 0 Å². The highest BCUT2D eigenvalue weighted by Crippen LogP contribution is 2.29. The van der Waals surface area contributed by atoms with Crippen molar-refractivity contribution >= 4 is 5.97 Å². The Kier molecular flexibility index (Phi) is 5.79. The van der Waals surface area contributed by atoms with Gasteiger partial charge in [-0.15, -0.1) is 0 Å². The molecule has 0 aliphatic carbocycles. The normalized spacial score (nSPS) is 14.3. The molecule has 0 rings (SSSR count). The molecule has 0 aromatic carbocycles. The van der Waals surface area contributed by atoms with Gasteiger partial charge in [-0.05, 0) is 13.8 Å². The molecule has 0 heterocycles. The van der Waals surface area contributed by atoms with Crippen molar-refractivity contribution in [1.29, 1.82) is 0 Å². The highest BCUT2D eigenvalue weighted by atomic mass is 16.7. The number of aliphatic carboxylic acids is 1. The van der Waals surface area contributed by atoms with Gasteiger partial charge in [0.2, 0.25) is 0 Å². The molecule has 0 bridgehead atoms. The molecule has 2 N–H and O–H groups in total. The quantitative estimate of drug-likeness (QED) is 0.622. The van der Waals surface area contributed by atoms with Crippen LogP contribution in [-0.2, 0) is 14.3 Å². The number of aliphatic hydroxyl groups is 1. The van der Waals surface area contributed by atoms with Crippen LogP contribution in [0.1, 0.15) is 27.7 Å². The first-order chi connectivity index (χ1) is 6.87. The average Bonchev–Trinajstić information content (AvgIpc) is 2.16. The van der Waals surface area contributed by atoms with Gasteiger partial charge >= 0.3 is 5.97 Å². The van der Waals surface area contributed by atoms with Crippen LogP contribution in [0.5, 0.6) is 0 Å². The Morgan fingerprint density at radius 2 is 1.67 bits per heavy atom. The van der Waals surface area contributed by atoms with Gasteiger partial charge in [-0.1, -0.05) is 13.8 Å². The second-order valence-corrected chi connectivity index (χ2v) is 3.80. The zero-order valence-corrected chi connectivity index (χ0v) is 9.69. The molecule has 5 nitrogen and oxygen atoms in total. The molecule has 1 atom stereocenters. The molecular formula is C10H20O5. The number of ether oxygens (including phenoxy) is 2. The number of aliphatic hydroxyl groups excluding tert-OH is 1. The Labute approximate surface area is 90.0 Å². The van der Waals surface area contributed by atoms with Crippen LogP contribution in [0.3, 0.4) is 0 Å². The molecule has 0 spiro atoms. The SMILES string of the molecule is CCOC(OCC)C(C)(C)C(O)C(=O)O. The van der Waals surface area contributed by atoms with Crippen molar-refractivity contribution in [2.75, 3.05) is 13.2 Å². The third-order valence-electron chi connectivity index (χ3n) is 2.18. The van der Waals surface area contributed by atoms with E-state index in [4.69, 9.17) is 14.6 Å². The Bertz CT molecular complexity index is 196. The first kappa shape index (κ1) is 14.3. The topological polar surface area (TPSA) is 76.0 Å². The standard InChI is InChI=1S/C10H20O5/c1-5-14-9(15-6-2)10(3,4)7(11)8(12)13/h7,9,11H,5-6H2,1-4H3,(H,12,13). The van der Waals surface area contributed by atoms with E-state index in [1.54, 1.807) is 27.7 Å². The molecule has 1 unspecified atom stereocenters. The molecule has 0 radical (unpaired) electrons. The molecule has 15 heavy (non-hydrogen) atoms. The summed E-state index contributed by atoms with van der Waals surface area (Å²) in [5.74, 6) is -1.27. The van der Waals surface area contributed by atoms with Gasteiger partial charge in [-0.25, -0.2) is 4.79 Å². The first-order valence-corrected chi connectivity index (χ1v) is 5.01. The third-order valence-corrected chi connectivity index (χ3v) is 2.18. The minimum Gasteiger partial charge on any atom is -0.479 e. The van der Waals surface area contributed by atoms with Crippen LogP contribution in [-0.4, -0.2) is 41.8 Å². The second-order valence-electron chi connectivity index (χ2n) is 3.80. The van der Waals surface area contributed by atoms with Crippen molar-refractivity contribution in [3.63, 3.8) is 0 Å². The minimum absolute atomic E-state index is 0.403. The molecule has 0 aromatic heterocycles. The molecule has 0 aliphatic heterocycles. The van der Waals surface area contributed by atoms with Crippen molar-refractivity contribution in [2.24, 2.45) is 5.41 Å². The van der Waals surface area contributed by atoms with E-state index >= 15 is 0 Å². The van der Waals surface area contributed by atoms with Crippen LogP contribution >= 0.6 is 0 Å². The number of rotatable bonds is 7. The Hall–Kier alpha value is -0.650. The van der Waals surface area contributed by atoms with Gasteiger partial charge in [-0.2, -0.15) is 0 Å². The minimum atomic E-state index is -1.51. The maximum absolute atomic E-state index is 10.7. The summed E-state index contributed by atoms with van der Waals surface area (Å²) in [5, 5.41) is 18.3. The van der Waals surface area contributed by atoms with Gasteiger partial charge in [0.15, 0.2) is 12.4 Å². The van der Waals surface area contributed by atoms with Crippen LogP contribution in [0.25, 0.3) is 0 Å². The summed E-state index contributed by atoms with van der Waals surface area (Å²) in [6.07, 6.45) is -2.24. The fraction of sp³-hybridized carbons (Fsp3) is 0.900. The average molecular weight is 220 g/mol. The summed E-state index contributed by atoms with van der Waals surface area (Å²) in [4.78, 5) is 10.7. The fourth-order valence-electron chi connectivity index (χ4n) is 1.23. The molecule has 0 aliphatic rings. The monoisotopic (exact) mass is 220 g/mol. The highest BCUT2D eigenvalue weighted by Gasteiger charge is 2.42. The zero-order chi connectivity index (χ0) is 12.1. The molecule has 5 heteroatoms. The van der Waals surface area contributed by atoms with E-state index in [9.17, 15) is 9.90 Å². The van der Waals surface area contributed by atoms with Gasteiger partial charge in [0.25, 0.3) is 0 Å². The zero-order valence-electron chi connectivity index (χ0n) is 9.69. The number of hydrogen-bond donors (Lipinski definition) is 2. The van der Waals surface area contributed by atoms with Gasteiger partial charge in [0, 0.05) is 13.2 Å². The van der Waals surface area contributed by atoms with E-state index in [1.807, 2.05) is 0 Å². The van der Waals surface area contributed by atoms with Crippen LogP contribution in [0.2, 0.25) is 0 Å². The third kappa shape index (κ3) is 3.77. The Balaban J connectivity index is 4.67. The van der Waals surface area contributed by atoms with Crippen LogP contribution in [0.15, 0.2) is 0 Å². The van der Waals surface area contributed by atoms with E-state index in [0.29, 0.717) is 13.2 Å². The summed E-state index contributed by atoms with van der Waals surface area (Å²) < 4.78 is 10.5. The maximum Gasteiger partial charge on any atom is 0.333 e. The van der Waals surface area contributed by atoms with E-state index in [0.717, 1.165) is 0 Å². The molecular weight excluding hydrogens is 200 g/mol. The number of carboxylic acid groups (broad SMARTS) is 1. The van der Waals surface area contributed by atoms with E-state index in [1.165, 1.54) is 0 Å². The summed E-state index contributed by atoms with van der Waals surface area (Å²) in [7, 11) is 0. The highest BCUT2D eigenvalue weighted by molar-refractivity contribution is 5.73. The maximum atomic E-state index is 10.7. The predicted molar refractivity (Wildman–Crippen MR) is 54.5 cm³/mol. The lowest BCUT2D eigenvalue weighted by Crippen LogP contribution is -2.47. The van der Waals surface area contributed by atoms with Crippen molar-refractivity contribution < 1.29 is 24.5 Å². The predicted octanol–water partition coefficient (Wildman–Crippen LogP) is 0.857. The van der Waals surface area contributed by atoms with Gasteiger partial charge < -0.3 is 19.7 Å². The molecule has 90 valence electrons. The van der Waals surface area contributed by atoms with Crippen LogP contribution in [0, 0.1) is 5.41 Å². The van der Waals surface area contributed by atoms with Gasteiger partial charge in [0.05, 0.1) is 5.41 Å². The fourth-order valence-corrected chi connectivity index (χ4v) is 1.23. The largest absolute Gasteiger partial charge is 0.479 e. The number of carbonyl (C=O) groups is 1. The van der Waals surface area contributed by atoms with Crippen molar-refractivity contribution in [3.8, 4) is 0 Å². The van der Waals surface area contributed by atoms with Crippen molar-refractivity contribution in [3.05, 3.63) is 0 Å². The summed E-state index contributed by atoms with van der Waals surface area (Å²) in [6.45, 7) is 7.58. The Morgan fingerprint density at radius 3 is 1.93 bits per heavy atom. The first-order valence-electron chi connectivity index (χ1n) is 5.01. The molecule has 0 fully saturated rings. The molecule has 0 amide bonds. The van der Waals surface area contributed by atoms with Crippen molar-refractivity contribution in [2.45, 2.75) is 40.1 Å². The van der Waals surface area contributed by atoms with E-state index < -0.39 is 23.8 Å². The summed E-state index contributed by atoms with van der Waals surface area (Å²) in [5.41, 5.74) is -0.988. The number of hydrogen-bond acceptors (Lipinski definition) is 4. The summed E-state index contributed by atoms with van der Waals surface area (Å²) in [6, 6.07) is 0. The second kappa shape index (κ2) is 6.05. The molecule has 0 aromatic rings. The van der Waals surface area contributed by atoms with Gasteiger partial charge in [-0.3, -0.25) is 0 Å². The van der Waals surface area contributed by atoms with E-state index in [2.05, 4.69) is 0 Å². The summed E-state index contributed by atoms with van der Waals surface area (Å²) >= 11 is 0. The number of carboxylic acids is 1. The smallest absolute Gasteiger partial charge is 0.333 e. The van der Waals surface area contributed by atoms with E-state index in [-0.39, 0.29) is 0 Å². The lowest BCUT2D eigenvalue weighted by atomic mass is 9.85. The molecule has 0 saturated heterocycles. The van der Waals surface area contributed by atoms with Crippen LogP contribution < -0.4 is 0 Å². The lowest BCUT2D eigenvalue weighted by Gasteiger charge is -2.35. The molecule has 0 saturated carbocycles. The van der Waals surface area contributed by atoms with Gasteiger partial charge in [0.1, 0.15) is 0 Å². The Morgan fingerprint density at radius 1 is 1.27 bits per heavy atom. The van der Waals surface area contributed by atoms with Crippen LogP contribution in [0.4, 0.5) is 0 Å². The lowest BCUT2D eigenvalue weighted by molar-refractivity contribution is -0.223.